The Kier molecular flexibility index (Phi) is 4.84. The lowest BCUT2D eigenvalue weighted by Crippen LogP contribution is -2.51. The summed E-state index contributed by atoms with van der Waals surface area (Å²) < 4.78 is 0. The van der Waals surface area contributed by atoms with Crippen molar-refractivity contribution in [2.75, 3.05) is 0 Å². The molecule has 4 aliphatic rings. The molecular weight excluding hydrogens is 352 g/mol. The Balaban J connectivity index is 1.50. The van der Waals surface area contributed by atoms with Gasteiger partial charge in [-0.3, -0.25) is 4.79 Å². The fourth-order valence-corrected chi connectivity index (χ4v) is 8.01. The molecule has 5 rings (SSSR count). The summed E-state index contributed by atoms with van der Waals surface area (Å²) in [6.07, 6.45) is 17.5. The van der Waals surface area contributed by atoms with E-state index in [4.69, 9.17) is 0 Å². The van der Waals surface area contributed by atoms with E-state index in [0.717, 1.165) is 49.9 Å². The average Bonchev–Trinajstić information content (AvgIpc) is 3.12. The maximum Gasteiger partial charge on any atom is 0.155 e. The minimum Gasteiger partial charge on any atom is -0.295 e. The molecule has 3 saturated carbocycles. The summed E-state index contributed by atoms with van der Waals surface area (Å²) in [5.41, 5.74) is 5.14. The molecule has 0 saturated heterocycles. The third kappa shape index (κ3) is 3.16. The van der Waals surface area contributed by atoms with E-state index in [9.17, 15) is 4.79 Å². The zero-order chi connectivity index (χ0) is 20.1. The molecule has 1 heteroatoms. The minimum atomic E-state index is 0.237. The number of hydrogen-bond acceptors (Lipinski definition) is 1. The van der Waals surface area contributed by atoms with Crippen molar-refractivity contribution in [1.82, 2.24) is 0 Å². The Hall–Kier alpha value is -1.63. The molecule has 0 aliphatic heterocycles. The van der Waals surface area contributed by atoms with Gasteiger partial charge in [0.2, 0.25) is 0 Å². The summed E-state index contributed by atoms with van der Waals surface area (Å²) in [6.45, 7) is 6.45. The van der Waals surface area contributed by atoms with E-state index in [1.165, 1.54) is 55.2 Å². The first-order valence-electron chi connectivity index (χ1n) is 12.0. The summed E-state index contributed by atoms with van der Waals surface area (Å²) >= 11 is 0. The van der Waals surface area contributed by atoms with Gasteiger partial charge in [-0.25, -0.2) is 0 Å². The Labute approximate surface area is 176 Å². The van der Waals surface area contributed by atoms with Gasteiger partial charge in [0.05, 0.1) is 0 Å². The normalized spacial score (nSPS) is 38.6. The summed E-state index contributed by atoms with van der Waals surface area (Å²) in [4.78, 5) is 12.3. The number of ketones is 1. The van der Waals surface area contributed by atoms with Crippen molar-refractivity contribution >= 4 is 5.78 Å². The van der Waals surface area contributed by atoms with Crippen LogP contribution in [0.15, 0.2) is 48.6 Å². The van der Waals surface area contributed by atoms with Crippen LogP contribution >= 0.6 is 0 Å². The molecule has 29 heavy (non-hydrogen) atoms. The molecule has 0 bridgehead atoms. The molecule has 154 valence electrons. The molecule has 1 nitrogen and oxygen atoms in total. The van der Waals surface area contributed by atoms with Gasteiger partial charge in [0.1, 0.15) is 0 Å². The Morgan fingerprint density at radius 1 is 1.00 bits per heavy atom. The highest BCUT2D eigenvalue weighted by Crippen LogP contribution is 2.66. The number of rotatable bonds is 4. The summed E-state index contributed by atoms with van der Waals surface area (Å²) in [6, 6.07) is 9.24. The number of carbonyl (C=O) groups excluding carboxylic acids is 1. The maximum absolute atomic E-state index is 12.3. The van der Waals surface area contributed by atoms with Gasteiger partial charge in [-0.05, 0) is 104 Å². The summed E-state index contributed by atoms with van der Waals surface area (Å²) in [5, 5.41) is 0. The van der Waals surface area contributed by atoms with Crippen molar-refractivity contribution in [1.29, 1.82) is 0 Å². The average molecular weight is 389 g/mol. The van der Waals surface area contributed by atoms with Crippen molar-refractivity contribution in [3.8, 4) is 0 Å². The smallest absolute Gasteiger partial charge is 0.155 e. The van der Waals surface area contributed by atoms with Crippen LogP contribution in [0.5, 0.6) is 0 Å². The molecule has 0 spiro atoms. The predicted molar refractivity (Wildman–Crippen MR) is 120 cm³/mol. The lowest BCUT2D eigenvalue weighted by Gasteiger charge is -2.58. The molecule has 4 aliphatic carbocycles. The van der Waals surface area contributed by atoms with Gasteiger partial charge in [-0.1, -0.05) is 49.3 Å². The lowest BCUT2D eigenvalue weighted by atomic mass is 9.46. The van der Waals surface area contributed by atoms with Gasteiger partial charge in [0.15, 0.2) is 5.78 Å². The Morgan fingerprint density at radius 2 is 1.79 bits per heavy atom. The van der Waals surface area contributed by atoms with Gasteiger partial charge < -0.3 is 0 Å². The molecule has 0 aromatic heterocycles. The first kappa shape index (κ1) is 19.3. The van der Waals surface area contributed by atoms with Crippen LogP contribution in [-0.2, 0) is 17.6 Å². The first-order valence-corrected chi connectivity index (χ1v) is 12.0. The number of carbonyl (C=O) groups is 1. The molecule has 0 N–H and O–H groups in total. The van der Waals surface area contributed by atoms with Crippen LogP contribution in [0.2, 0.25) is 0 Å². The summed E-state index contributed by atoms with van der Waals surface area (Å²) in [5.74, 6) is 2.95. The van der Waals surface area contributed by atoms with Crippen molar-refractivity contribution in [2.45, 2.75) is 77.6 Å². The fourth-order valence-electron chi connectivity index (χ4n) is 8.01. The topological polar surface area (TPSA) is 17.1 Å². The largest absolute Gasteiger partial charge is 0.295 e. The van der Waals surface area contributed by atoms with Gasteiger partial charge >= 0.3 is 0 Å². The van der Waals surface area contributed by atoms with Gasteiger partial charge in [0.25, 0.3) is 0 Å². The van der Waals surface area contributed by atoms with Crippen LogP contribution in [0.1, 0.15) is 75.8 Å². The molecule has 1 aromatic carbocycles. The highest BCUT2D eigenvalue weighted by molar-refractivity contribution is 5.91. The predicted octanol–water partition coefficient (Wildman–Crippen LogP) is 6.86. The molecule has 0 unspecified atom stereocenters. The van der Waals surface area contributed by atoms with Crippen LogP contribution in [0, 0.1) is 28.6 Å². The van der Waals surface area contributed by atoms with Crippen molar-refractivity contribution in [3.05, 3.63) is 59.7 Å². The number of hydrogen-bond donors (Lipinski definition) is 0. The third-order valence-electron chi connectivity index (χ3n) is 9.39. The highest BCUT2D eigenvalue weighted by atomic mass is 16.1. The van der Waals surface area contributed by atoms with Gasteiger partial charge in [0, 0.05) is 6.42 Å². The van der Waals surface area contributed by atoms with E-state index in [1.54, 1.807) is 0 Å². The van der Waals surface area contributed by atoms with E-state index < -0.39 is 0 Å². The SMILES string of the molecule is C=CCc1ccc(C[C@]23CCC(=O)C=C2CC[C@@H]2[C@H]3CC[C@]3(C)CCC[C@@H]23)cc1. The monoisotopic (exact) mass is 388 g/mol. The minimum absolute atomic E-state index is 0.237. The van der Waals surface area contributed by atoms with Crippen LogP contribution in [0.3, 0.4) is 0 Å². The van der Waals surface area contributed by atoms with E-state index in [2.05, 4.69) is 43.8 Å². The quantitative estimate of drug-likeness (QED) is 0.515. The van der Waals surface area contributed by atoms with Crippen LogP contribution in [0.4, 0.5) is 0 Å². The summed E-state index contributed by atoms with van der Waals surface area (Å²) in [7, 11) is 0. The van der Waals surface area contributed by atoms with Gasteiger partial charge in [-0.15, -0.1) is 6.58 Å². The number of fused-ring (bicyclic) bond motifs is 5. The van der Waals surface area contributed by atoms with E-state index >= 15 is 0 Å². The van der Waals surface area contributed by atoms with Gasteiger partial charge in [-0.2, -0.15) is 0 Å². The molecular formula is C28H36O. The molecule has 0 amide bonds. The fraction of sp³-hybridized carbons (Fsp3) is 0.607. The zero-order valence-electron chi connectivity index (χ0n) is 18.1. The van der Waals surface area contributed by atoms with E-state index in [0.29, 0.717) is 11.2 Å². The molecule has 5 atom stereocenters. The van der Waals surface area contributed by atoms with Crippen molar-refractivity contribution in [2.24, 2.45) is 28.6 Å². The maximum atomic E-state index is 12.3. The molecule has 0 heterocycles. The second-order valence-electron chi connectivity index (χ2n) is 10.8. The van der Waals surface area contributed by atoms with Crippen LogP contribution in [-0.4, -0.2) is 5.78 Å². The zero-order valence-corrected chi connectivity index (χ0v) is 18.1. The molecule has 3 fully saturated rings. The Bertz CT molecular complexity index is 830. The number of benzene rings is 1. The number of allylic oxidation sites excluding steroid dienone is 2. The lowest BCUT2D eigenvalue weighted by molar-refractivity contribution is -0.117. The first-order chi connectivity index (χ1) is 14.0. The standard InChI is InChI=1S/C28H36O/c1-3-5-20-7-9-21(10-8-20)19-28-17-13-23(29)18-22(28)11-12-24-25-6-4-15-27(25,2)16-14-26(24)28/h3,7-10,18,24-26H,1,4-6,11-17,19H2,2H3/t24-,25-,26+,27-,28+/m0/s1. The van der Waals surface area contributed by atoms with E-state index in [1.807, 2.05) is 6.08 Å². The second kappa shape index (κ2) is 7.25. The second-order valence-corrected chi connectivity index (χ2v) is 10.8. The third-order valence-corrected chi connectivity index (χ3v) is 9.39. The van der Waals surface area contributed by atoms with Crippen molar-refractivity contribution < 1.29 is 4.79 Å². The van der Waals surface area contributed by atoms with E-state index in [-0.39, 0.29) is 5.41 Å². The molecule has 0 radical (unpaired) electrons. The van der Waals surface area contributed by atoms with Crippen LogP contribution < -0.4 is 0 Å². The highest BCUT2D eigenvalue weighted by Gasteiger charge is 2.57. The molecule has 1 aromatic rings. The Morgan fingerprint density at radius 3 is 2.59 bits per heavy atom. The van der Waals surface area contributed by atoms with Crippen molar-refractivity contribution in [3.63, 3.8) is 0 Å². The van der Waals surface area contributed by atoms with Crippen LogP contribution in [0.25, 0.3) is 0 Å².